The maximum Gasteiger partial charge on any atom is 0.272 e. The van der Waals surface area contributed by atoms with E-state index in [1.165, 1.54) is 0 Å². The summed E-state index contributed by atoms with van der Waals surface area (Å²) in [6, 6.07) is 16.2. The van der Waals surface area contributed by atoms with Crippen molar-refractivity contribution in [2.45, 2.75) is 25.3 Å². The predicted octanol–water partition coefficient (Wildman–Crippen LogP) is 6.58. The first-order valence-electron chi connectivity index (χ1n) is 11.3. The smallest absolute Gasteiger partial charge is 0.272 e. The zero-order valence-electron chi connectivity index (χ0n) is 18.7. The molecule has 5 nitrogen and oxygen atoms in total. The number of hydrogen-bond donors (Lipinski definition) is 2. The van der Waals surface area contributed by atoms with E-state index in [0.717, 1.165) is 47.2 Å². The van der Waals surface area contributed by atoms with E-state index in [-0.39, 0.29) is 12.5 Å². The number of amides is 1. The second kappa shape index (κ2) is 10.4. The molecule has 35 heavy (non-hydrogen) atoms. The van der Waals surface area contributed by atoms with Gasteiger partial charge in [0.05, 0.1) is 29.1 Å². The number of aromatic nitrogens is 2. The summed E-state index contributed by atoms with van der Waals surface area (Å²) in [5.74, 6) is -0.329. The van der Waals surface area contributed by atoms with Gasteiger partial charge in [-0.1, -0.05) is 53.5 Å². The molecule has 0 bridgehead atoms. The van der Waals surface area contributed by atoms with Crippen LogP contribution >= 0.6 is 34.5 Å². The van der Waals surface area contributed by atoms with Crippen LogP contribution in [0.15, 0.2) is 65.4 Å². The molecule has 1 aliphatic carbocycles. The summed E-state index contributed by atoms with van der Waals surface area (Å²) in [6.07, 6.45) is 4.65. The van der Waals surface area contributed by atoms with Gasteiger partial charge in [0.1, 0.15) is 0 Å². The molecule has 2 heterocycles. The molecule has 0 saturated heterocycles. The van der Waals surface area contributed by atoms with E-state index in [9.17, 15) is 9.90 Å². The molecule has 0 unspecified atom stereocenters. The van der Waals surface area contributed by atoms with Gasteiger partial charge in [-0.2, -0.15) is 16.4 Å². The summed E-state index contributed by atoms with van der Waals surface area (Å²) in [4.78, 5) is 13.5. The Balaban J connectivity index is 1.61. The molecule has 2 aromatic carbocycles. The van der Waals surface area contributed by atoms with Gasteiger partial charge in [-0.3, -0.25) is 4.79 Å². The normalized spacial score (nSPS) is 15.1. The standard InChI is InChI=1S/C27H23Cl2N3O2S/c28-20-9-10-24(22(29)14-20)32-26-19(13-17-11-12-35-16-17)7-4-8-21(26)25(31-32)27(34)30-23(15-33)18-5-2-1-3-6-18/h1-3,5-6,9-14,16,23,33H,4,7-8,15H2,(H,30,34)/b19-13+/t23-/m0/s1. The van der Waals surface area contributed by atoms with Crippen LogP contribution in [0.1, 0.15) is 51.8 Å². The first-order valence-corrected chi connectivity index (χ1v) is 13.0. The van der Waals surface area contributed by atoms with Crippen molar-refractivity contribution in [2.75, 3.05) is 6.61 Å². The van der Waals surface area contributed by atoms with Crippen LogP contribution in [-0.4, -0.2) is 27.4 Å². The van der Waals surface area contributed by atoms with E-state index in [0.29, 0.717) is 21.4 Å². The number of nitrogens with zero attached hydrogens (tertiary/aromatic N) is 2. The van der Waals surface area contributed by atoms with Crippen molar-refractivity contribution in [3.05, 3.63) is 103 Å². The molecule has 0 spiro atoms. The van der Waals surface area contributed by atoms with Gasteiger partial charge in [0.15, 0.2) is 5.69 Å². The molecule has 2 N–H and O–H groups in total. The molecule has 4 aromatic rings. The number of benzene rings is 2. The van der Waals surface area contributed by atoms with Crippen molar-refractivity contribution >= 4 is 52.1 Å². The number of aliphatic hydroxyl groups is 1. The molecule has 2 aromatic heterocycles. The molecule has 178 valence electrons. The van der Waals surface area contributed by atoms with Crippen LogP contribution in [-0.2, 0) is 6.42 Å². The molecular formula is C27H23Cl2N3O2S. The topological polar surface area (TPSA) is 67.2 Å². The summed E-state index contributed by atoms with van der Waals surface area (Å²) >= 11 is 14.4. The van der Waals surface area contributed by atoms with E-state index in [1.54, 1.807) is 28.2 Å². The number of carbonyl (C=O) groups is 1. The number of halogens is 2. The highest BCUT2D eigenvalue weighted by molar-refractivity contribution is 7.08. The summed E-state index contributed by atoms with van der Waals surface area (Å²) in [5, 5.41) is 22.8. The maximum absolute atomic E-state index is 13.5. The largest absolute Gasteiger partial charge is 0.394 e. The Morgan fingerprint density at radius 3 is 2.71 bits per heavy atom. The van der Waals surface area contributed by atoms with Gasteiger partial charge in [-0.15, -0.1) is 0 Å². The summed E-state index contributed by atoms with van der Waals surface area (Å²) in [6.45, 7) is -0.217. The van der Waals surface area contributed by atoms with Crippen LogP contribution in [0, 0.1) is 0 Å². The highest BCUT2D eigenvalue weighted by Gasteiger charge is 2.30. The number of thiophene rings is 1. The van der Waals surface area contributed by atoms with Crippen molar-refractivity contribution in [1.29, 1.82) is 0 Å². The summed E-state index contributed by atoms with van der Waals surface area (Å²) in [7, 11) is 0. The summed E-state index contributed by atoms with van der Waals surface area (Å²) in [5.41, 5.74) is 5.81. The van der Waals surface area contributed by atoms with Crippen molar-refractivity contribution in [3.63, 3.8) is 0 Å². The van der Waals surface area contributed by atoms with Gasteiger partial charge < -0.3 is 10.4 Å². The zero-order chi connectivity index (χ0) is 24.4. The van der Waals surface area contributed by atoms with Gasteiger partial charge in [0, 0.05) is 10.6 Å². The van der Waals surface area contributed by atoms with Gasteiger partial charge in [-0.05, 0) is 77.1 Å². The van der Waals surface area contributed by atoms with Gasteiger partial charge >= 0.3 is 0 Å². The molecule has 1 amide bonds. The number of allylic oxidation sites excluding steroid dienone is 1. The molecule has 5 rings (SSSR count). The number of fused-ring (bicyclic) bond motifs is 1. The Kier molecular flexibility index (Phi) is 7.07. The molecule has 1 atom stereocenters. The van der Waals surface area contributed by atoms with Crippen LogP contribution < -0.4 is 5.32 Å². The van der Waals surface area contributed by atoms with E-state index in [1.807, 2.05) is 41.8 Å². The second-order valence-electron chi connectivity index (χ2n) is 8.38. The number of hydrogen-bond acceptors (Lipinski definition) is 4. The Morgan fingerprint density at radius 1 is 1.17 bits per heavy atom. The fourth-order valence-electron chi connectivity index (χ4n) is 4.45. The van der Waals surface area contributed by atoms with E-state index >= 15 is 0 Å². The average Bonchev–Trinajstić information content (AvgIpc) is 3.52. The lowest BCUT2D eigenvalue weighted by molar-refractivity contribution is 0.0909. The summed E-state index contributed by atoms with van der Waals surface area (Å²) < 4.78 is 1.76. The fraction of sp³-hybridized carbons (Fsp3) is 0.185. The minimum atomic E-state index is -0.534. The molecular weight excluding hydrogens is 501 g/mol. The van der Waals surface area contributed by atoms with E-state index < -0.39 is 6.04 Å². The second-order valence-corrected chi connectivity index (χ2v) is 10.0. The molecule has 8 heteroatoms. The van der Waals surface area contributed by atoms with Crippen LogP contribution in [0.3, 0.4) is 0 Å². The molecule has 0 aliphatic heterocycles. The fourth-order valence-corrected chi connectivity index (χ4v) is 5.55. The Bertz CT molecular complexity index is 1380. The highest BCUT2D eigenvalue weighted by Crippen LogP contribution is 2.38. The van der Waals surface area contributed by atoms with Gasteiger partial charge in [-0.25, -0.2) is 4.68 Å². The van der Waals surface area contributed by atoms with Crippen molar-refractivity contribution in [1.82, 2.24) is 15.1 Å². The van der Waals surface area contributed by atoms with Gasteiger partial charge in [0.2, 0.25) is 0 Å². The van der Waals surface area contributed by atoms with Crippen molar-refractivity contribution in [3.8, 4) is 5.69 Å². The minimum absolute atomic E-state index is 0.217. The third-order valence-corrected chi connectivity index (χ3v) is 7.33. The Labute approximate surface area is 217 Å². The van der Waals surface area contributed by atoms with E-state index in [2.05, 4.69) is 22.8 Å². The molecule has 0 fully saturated rings. The van der Waals surface area contributed by atoms with Crippen LogP contribution in [0.25, 0.3) is 17.3 Å². The maximum atomic E-state index is 13.5. The molecule has 0 radical (unpaired) electrons. The number of carbonyl (C=O) groups excluding carboxylic acids is 1. The molecule has 1 aliphatic rings. The lowest BCUT2D eigenvalue weighted by atomic mass is 9.90. The van der Waals surface area contributed by atoms with Crippen molar-refractivity contribution < 1.29 is 9.90 Å². The lowest BCUT2D eigenvalue weighted by Gasteiger charge is -2.19. The monoisotopic (exact) mass is 523 g/mol. The average molecular weight is 524 g/mol. The van der Waals surface area contributed by atoms with Crippen LogP contribution in [0.2, 0.25) is 10.0 Å². The third-order valence-electron chi connectivity index (χ3n) is 6.09. The third kappa shape index (κ3) is 4.93. The number of aliphatic hydroxyl groups excluding tert-OH is 1. The Hall–Kier alpha value is -2.90. The molecule has 0 saturated carbocycles. The Morgan fingerprint density at radius 2 is 2.00 bits per heavy atom. The number of nitrogens with one attached hydrogen (secondary N) is 1. The quantitative estimate of drug-likeness (QED) is 0.300. The zero-order valence-corrected chi connectivity index (χ0v) is 21.1. The van der Waals surface area contributed by atoms with Crippen LogP contribution in [0.4, 0.5) is 0 Å². The van der Waals surface area contributed by atoms with Crippen molar-refractivity contribution in [2.24, 2.45) is 0 Å². The van der Waals surface area contributed by atoms with Gasteiger partial charge in [0.25, 0.3) is 5.91 Å². The lowest BCUT2D eigenvalue weighted by Crippen LogP contribution is -2.31. The van der Waals surface area contributed by atoms with E-state index in [4.69, 9.17) is 28.3 Å². The SMILES string of the molecule is O=C(N[C@@H](CO)c1ccccc1)c1nn(-c2ccc(Cl)cc2Cl)c2c1CCC/C2=C\c1ccsc1. The first kappa shape index (κ1) is 23.8. The predicted molar refractivity (Wildman–Crippen MR) is 142 cm³/mol. The minimum Gasteiger partial charge on any atom is -0.394 e. The van der Waals surface area contributed by atoms with Crippen LogP contribution in [0.5, 0.6) is 0 Å². The first-order chi connectivity index (χ1) is 17.0. The number of rotatable bonds is 6. The highest BCUT2D eigenvalue weighted by atomic mass is 35.5.